The number of para-hydroxylation sites is 1. The number of oxazole rings is 1. The molecule has 0 aliphatic carbocycles. The van der Waals surface area contributed by atoms with Crippen molar-refractivity contribution in [2.75, 3.05) is 11.9 Å². The number of hydrogen-bond donors (Lipinski definition) is 0. The summed E-state index contributed by atoms with van der Waals surface area (Å²) in [6.07, 6.45) is -0.737. The van der Waals surface area contributed by atoms with Gasteiger partial charge in [0.25, 0.3) is 5.91 Å². The molecule has 0 aliphatic heterocycles. The summed E-state index contributed by atoms with van der Waals surface area (Å²) >= 11 is 5.94. The molecule has 0 fully saturated rings. The van der Waals surface area contributed by atoms with Gasteiger partial charge in [-0.25, -0.2) is 4.39 Å². The van der Waals surface area contributed by atoms with Gasteiger partial charge < -0.3 is 18.8 Å². The summed E-state index contributed by atoms with van der Waals surface area (Å²) in [5, 5.41) is 0.543. The van der Waals surface area contributed by atoms with Crippen LogP contribution in [0.15, 0.2) is 71.1 Å². The summed E-state index contributed by atoms with van der Waals surface area (Å²) in [6, 6.07) is 17.8. The smallest absolute Gasteiger partial charge is 0.400 e. The Morgan fingerprint density at radius 3 is 2.55 bits per heavy atom. The number of ether oxygens (including phenoxy) is 2. The minimum atomic E-state index is -0.821. The number of likely N-dealkylation sites (N-methyl/N-ethyl adjacent to an activating group) is 1. The molecule has 0 spiro atoms. The number of carbonyl (C=O) groups is 1. The van der Waals surface area contributed by atoms with Gasteiger partial charge >= 0.3 is 6.08 Å². The highest BCUT2D eigenvalue weighted by Crippen LogP contribution is 2.28. The number of halogens is 2. The first-order valence-electron chi connectivity index (χ1n) is 9.43. The molecule has 0 bridgehead atoms. The lowest BCUT2D eigenvalue weighted by Crippen LogP contribution is -2.38. The van der Waals surface area contributed by atoms with E-state index in [0.29, 0.717) is 27.6 Å². The summed E-state index contributed by atoms with van der Waals surface area (Å²) in [6.45, 7) is 1.60. The molecule has 0 saturated carbocycles. The number of carbonyl (C=O) groups excluding carboxylic acids is 1. The Hall–Kier alpha value is -3.58. The van der Waals surface area contributed by atoms with Gasteiger partial charge in [0.15, 0.2) is 11.7 Å². The number of fused-ring (bicyclic) bond motifs is 1. The summed E-state index contributed by atoms with van der Waals surface area (Å²) < 4.78 is 30.8. The molecule has 0 unspecified atom stereocenters. The predicted octanol–water partition coefficient (Wildman–Crippen LogP) is 5.84. The van der Waals surface area contributed by atoms with Crippen LogP contribution in [0.25, 0.3) is 11.1 Å². The third-order valence-corrected chi connectivity index (χ3v) is 4.80. The molecule has 3 aromatic carbocycles. The van der Waals surface area contributed by atoms with E-state index in [-0.39, 0.29) is 17.7 Å². The lowest BCUT2D eigenvalue weighted by molar-refractivity contribution is -0.124. The standard InChI is InChI=1S/C23H18ClFN2O4/c1-14(22(28)27(2)20-6-4-3-5-18(20)25)29-16-8-10-17(11-9-16)30-23-26-19-12-7-15(24)13-21(19)31-23/h3-14H,1-2H3/t14-/m1/s1. The maximum Gasteiger partial charge on any atom is 0.400 e. The average molecular weight is 441 g/mol. The third kappa shape index (κ3) is 4.62. The molecule has 1 aromatic heterocycles. The second kappa shape index (κ2) is 8.65. The summed E-state index contributed by atoms with van der Waals surface area (Å²) in [5.41, 5.74) is 1.34. The number of aromatic nitrogens is 1. The van der Waals surface area contributed by atoms with Crippen molar-refractivity contribution in [3.8, 4) is 17.6 Å². The van der Waals surface area contributed by atoms with Crippen LogP contribution in [0.2, 0.25) is 5.02 Å². The number of nitrogens with zero attached hydrogens (tertiary/aromatic N) is 2. The molecule has 0 N–H and O–H groups in total. The second-order valence-corrected chi connectivity index (χ2v) is 7.21. The Kier molecular flexibility index (Phi) is 5.77. The number of benzene rings is 3. The Balaban J connectivity index is 1.40. The molecule has 0 aliphatic rings. The SMILES string of the molecule is C[C@@H](Oc1ccc(Oc2nc3ccc(Cl)cc3o2)cc1)C(=O)N(C)c1ccccc1F. The van der Waals surface area contributed by atoms with Crippen LogP contribution in [0.4, 0.5) is 10.1 Å². The van der Waals surface area contributed by atoms with Gasteiger partial charge in [0, 0.05) is 18.1 Å². The van der Waals surface area contributed by atoms with Gasteiger partial charge in [-0.15, -0.1) is 0 Å². The van der Waals surface area contributed by atoms with Crippen molar-refractivity contribution in [1.82, 2.24) is 4.98 Å². The first-order valence-corrected chi connectivity index (χ1v) is 9.81. The van der Waals surface area contributed by atoms with Gasteiger partial charge in [-0.2, -0.15) is 4.98 Å². The van der Waals surface area contributed by atoms with Crippen LogP contribution in [-0.2, 0) is 4.79 Å². The van der Waals surface area contributed by atoms with E-state index in [1.165, 1.54) is 24.1 Å². The van der Waals surface area contributed by atoms with E-state index in [1.807, 2.05) is 0 Å². The Bertz CT molecular complexity index is 1230. The highest BCUT2D eigenvalue weighted by Gasteiger charge is 2.22. The molecule has 4 rings (SSSR count). The third-order valence-electron chi connectivity index (χ3n) is 4.56. The van der Waals surface area contributed by atoms with Crippen LogP contribution >= 0.6 is 11.6 Å². The predicted molar refractivity (Wildman–Crippen MR) is 115 cm³/mol. The molecule has 1 heterocycles. The maximum atomic E-state index is 13.9. The maximum absolute atomic E-state index is 13.9. The van der Waals surface area contributed by atoms with Crippen LogP contribution in [0.1, 0.15) is 6.92 Å². The molecule has 0 radical (unpaired) electrons. The van der Waals surface area contributed by atoms with Gasteiger partial charge in [0.1, 0.15) is 22.8 Å². The fraction of sp³-hybridized carbons (Fsp3) is 0.130. The van der Waals surface area contributed by atoms with Gasteiger partial charge in [-0.05, 0) is 55.5 Å². The van der Waals surface area contributed by atoms with Gasteiger partial charge in [0.2, 0.25) is 0 Å². The molecular formula is C23H18ClFN2O4. The number of hydrogen-bond acceptors (Lipinski definition) is 5. The normalized spacial score (nSPS) is 11.9. The van der Waals surface area contributed by atoms with Crippen molar-refractivity contribution < 1.29 is 23.1 Å². The van der Waals surface area contributed by atoms with Crippen molar-refractivity contribution in [1.29, 1.82) is 0 Å². The van der Waals surface area contributed by atoms with Gasteiger partial charge in [-0.3, -0.25) is 4.79 Å². The van der Waals surface area contributed by atoms with E-state index in [4.69, 9.17) is 25.5 Å². The van der Waals surface area contributed by atoms with E-state index < -0.39 is 11.9 Å². The minimum Gasteiger partial charge on any atom is -0.481 e. The minimum absolute atomic E-state index is 0.0843. The molecular weight excluding hydrogens is 423 g/mol. The van der Waals surface area contributed by atoms with Crippen LogP contribution in [0, 0.1) is 5.82 Å². The Morgan fingerprint density at radius 1 is 1.10 bits per heavy atom. The summed E-state index contributed by atoms with van der Waals surface area (Å²) in [7, 11) is 1.51. The average Bonchev–Trinajstić information content (AvgIpc) is 3.15. The van der Waals surface area contributed by atoms with Gasteiger partial charge in [-0.1, -0.05) is 23.7 Å². The number of anilines is 1. The first-order chi connectivity index (χ1) is 14.9. The van der Waals surface area contributed by atoms with Crippen LogP contribution in [0.3, 0.4) is 0 Å². The highest BCUT2D eigenvalue weighted by atomic mass is 35.5. The number of amides is 1. The molecule has 0 saturated heterocycles. The molecule has 158 valence electrons. The largest absolute Gasteiger partial charge is 0.481 e. The van der Waals surface area contributed by atoms with Crippen LogP contribution in [0.5, 0.6) is 17.6 Å². The van der Waals surface area contributed by atoms with Gasteiger partial charge in [0.05, 0.1) is 5.69 Å². The molecule has 4 aromatic rings. The van der Waals surface area contributed by atoms with Crippen molar-refractivity contribution >= 4 is 34.3 Å². The first kappa shape index (κ1) is 20.7. The zero-order chi connectivity index (χ0) is 22.0. The van der Waals surface area contributed by atoms with Crippen molar-refractivity contribution in [3.05, 3.63) is 77.6 Å². The van der Waals surface area contributed by atoms with Crippen LogP contribution in [-0.4, -0.2) is 24.0 Å². The monoisotopic (exact) mass is 440 g/mol. The zero-order valence-corrected chi connectivity index (χ0v) is 17.5. The molecule has 8 heteroatoms. The molecule has 31 heavy (non-hydrogen) atoms. The topological polar surface area (TPSA) is 64.8 Å². The van der Waals surface area contributed by atoms with E-state index in [1.54, 1.807) is 61.5 Å². The number of rotatable bonds is 6. The summed E-state index contributed by atoms with van der Waals surface area (Å²) in [4.78, 5) is 18.1. The Labute approximate surface area is 182 Å². The highest BCUT2D eigenvalue weighted by molar-refractivity contribution is 6.31. The lowest BCUT2D eigenvalue weighted by atomic mass is 10.2. The van der Waals surface area contributed by atoms with Crippen LogP contribution < -0.4 is 14.4 Å². The fourth-order valence-corrected chi connectivity index (χ4v) is 3.14. The van der Waals surface area contributed by atoms with E-state index in [9.17, 15) is 9.18 Å². The lowest BCUT2D eigenvalue weighted by Gasteiger charge is -2.22. The summed E-state index contributed by atoms with van der Waals surface area (Å²) in [5.74, 6) is 0.0796. The van der Waals surface area contributed by atoms with E-state index in [2.05, 4.69) is 4.98 Å². The molecule has 6 nitrogen and oxygen atoms in total. The van der Waals surface area contributed by atoms with E-state index in [0.717, 1.165) is 0 Å². The van der Waals surface area contributed by atoms with Crippen molar-refractivity contribution in [2.45, 2.75) is 13.0 Å². The molecule has 1 atom stereocenters. The fourth-order valence-electron chi connectivity index (χ4n) is 2.98. The molecule has 1 amide bonds. The Morgan fingerprint density at radius 2 is 1.81 bits per heavy atom. The van der Waals surface area contributed by atoms with Crippen molar-refractivity contribution in [2.24, 2.45) is 0 Å². The second-order valence-electron chi connectivity index (χ2n) is 6.77. The van der Waals surface area contributed by atoms with E-state index >= 15 is 0 Å². The quantitative estimate of drug-likeness (QED) is 0.376. The zero-order valence-electron chi connectivity index (χ0n) is 16.7. The van der Waals surface area contributed by atoms with Crippen molar-refractivity contribution in [3.63, 3.8) is 0 Å².